The summed E-state index contributed by atoms with van der Waals surface area (Å²) in [4.78, 5) is 36.1. The number of ketones is 1. The third-order valence-electron chi connectivity index (χ3n) is 4.17. The molecule has 8 nitrogen and oxygen atoms in total. The number of hydrogen-bond acceptors (Lipinski definition) is 5. The molecular weight excluding hydrogens is 377 g/mol. The summed E-state index contributed by atoms with van der Waals surface area (Å²) in [6.07, 6.45) is 0. The first-order valence-electron chi connectivity index (χ1n) is 8.72. The number of carbonyl (C=O) groups is 3. The van der Waals surface area contributed by atoms with Crippen molar-refractivity contribution in [1.29, 1.82) is 0 Å². The predicted molar refractivity (Wildman–Crippen MR) is 104 cm³/mol. The third kappa shape index (κ3) is 4.70. The maximum absolute atomic E-state index is 13.7. The smallest absolute Gasteiger partial charge is 0.278 e. The molecule has 0 aliphatic rings. The van der Waals surface area contributed by atoms with Crippen LogP contribution in [0.1, 0.15) is 33.5 Å². The van der Waals surface area contributed by atoms with Crippen molar-refractivity contribution in [1.82, 2.24) is 15.0 Å². The topological polar surface area (TPSA) is 106 Å². The maximum atomic E-state index is 13.7. The zero-order valence-corrected chi connectivity index (χ0v) is 15.8. The molecular formula is C20H18FN5O3. The van der Waals surface area contributed by atoms with Gasteiger partial charge in [-0.05, 0) is 38.1 Å². The van der Waals surface area contributed by atoms with E-state index in [9.17, 15) is 18.8 Å². The highest BCUT2D eigenvalue weighted by Gasteiger charge is 2.19. The summed E-state index contributed by atoms with van der Waals surface area (Å²) in [5.41, 5.74) is 1.31. The Balaban J connectivity index is 1.68. The highest BCUT2D eigenvalue weighted by molar-refractivity contribution is 6.03. The van der Waals surface area contributed by atoms with Crippen molar-refractivity contribution in [2.24, 2.45) is 0 Å². The molecule has 2 amide bonds. The van der Waals surface area contributed by atoms with Gasteiger partial charge in [0.1, 0.15) is 12.4 Å². The van der Waals surface area contributed by atoms with Crippen molar-refractivity contribution in [3.8, 4) is 0 Å². The van der Waals surface area contributed by atoms with E-state index in [1.165, 1.54) is 29.8 Å². The van der Waals surface area contributed by atoms with Crippen LogP contribution in [0, 0.1) is 12.7 Å². The van der Waals surface area contributed by atoms with E-state index >= 15 is 0 Å². The number of para-hydroxylation sites is 1. The first-order valence-corrected chi connectivity index (χ1v) is 8.72. The highest BCUT2D eigenvalue weighted by Crippen LogP contribution is 2.15. The molecule has 0 saturated carbocycles. The molecule has 0 saturated heterocycles. The fourth-order valence-electron chi connectivity index (χ4n) is 2.62. The van der Waals surface area contributed by atoms with Gasteiger partial charge >= 0.3 is 0 Å². The second-order valence-electron chi connectivity index (χ2n) is 6.30. The minimum Gasteiger partial charge on any atom is -0.324 e. The lowest BCUT2D eigenvalue weighted by Crippen LogP contribution is -2.21. The Labute approximate surface area is 165 Å². The molecule has 1 heterocycles. The molecule has 1 aromatic heterocycles. The number of carbonyl (C=O) groups excluding carboxylic acids is 3. The molecule has 9 heteroatoms. The number of benzene rings is 2. The summed E-state index contributed by atoms with van der Waals surface area (Å²) < 4.78 is 15.0. The van der Waals surface area contributed by atoms with Gasteiger partial charge in [0.15, 0.2) is 11.5 Å². The first kappa shape index (κ1) is 19.9. The highest BCUT2D eigenvalue weighted by atomic mass is 19.1. The summed E-state index contributed by atoms with van der Waals surface area (Å²) in [6.45, 7) is 2.84. The van der Waals surface area contributed by atoms with Gasteiger partial charge in [-0.3, -0.25) is 14.4 Å². The molecule has 0 aliphatic carbocycles. The predicted octanol–water partition coefficient (Wildman–Crippen LogP) is 2.82. The fraction of sp³-hybridized carbons (Fsp3) is 0.150. The number of nitrogens with one attached hydrogen (secondary N) is 2. The minimum atomic E-state index is -0.631. The van der Waals surface area contributed by atoms with Crippen LogP contribution in [0.15, 0.2) is 48.5 Å². The molecule has 0 atom stereocenters. The van der Waals surface area contributed by atoms with Gasteiger partial charge in [-0.2, -0.15) is 0 Å². The Hall–Kier alpha value is -3.88. The van der Waals surface area contributed by atoms with Gasteiger partial charge in [0.2, 0.25) is 5.91 Å². The van der Waals surface area contributed by atoms with E-state index in [1.54, 1.807) is 37.3 Å². The number of amides is 2. The van der Waals surface area contributed by atoms with Crippen LogP contribution in [-0.4, -0.2) is 32.6 Å². The van der Waals surface area contributed by atoms with Crippen LogP contribution in [0.3, 0.4) is 0 Å². The maximum Gasteiger partial charge on any atom is 0.278 e. The van der Waals surface area contributed by atoms with Gasteiger partial charge in [-0.25, -0.2) is 9.07 Å². The number of Topliss-reactive ketones (excluding diaryl/α,β-unsaturated/α-hetero) is 1. The number of hydrogen-bond donors (Lipinski definition) is 2. The molecule has 0 aliphatic heterocycles. The van der Waals surface area contributed by atoms with Crippen LogP contribution < -0.4 is 10.6 Å². The van der Waals surface area contributed by atoms with Crippen LogP contribution >= 0.6 is 0 Å². The van der Waals surface area contributed by atoms with Crippen LogP contribution in [-0.2, 0) is 11.3 Å². The van der Waals surface area contributed by atoms with Gasteiger partial charge in [0.25, 0.3) is 5.91 Å². The first-order chi connectivity index (χ1) is 13.8. The zero-order valence-electron chi connectivity index (χ0n) is 15.8. The average Bonchev–Trinajstić information content (AvgIpc) is 3.04. The summed E-state index contributed by atoms with van der Waals surface area (Å²) in [7, 11) is 0. The molecule has 2 N–H and O–H groups in total. The van der Waals surface area contributed by atoms with Crippen LogP contribution in [0.4, 0.5) is 15.8 Å². The number of nitrogens with zero attached hydrogens (tertiary/aromatic N) is 3. The average molecular weight is 395 g/mol. The largest absolute Gasteiger partial charge is 0.324 e. The van der Waals surface area contributed by atoms with E-state index in [0.29, 0.717) is 16.9 Å². The Bertz CT molecular complexity index is 1090. The van der Waals surface area contributed by atoms with Gasteiger partial charge < -0.3 is 10.6 Å². The van der Waals surface area contributed by atoms with Crippen LogP contribution in [0.25, 0.3) is 0 Å². The second-order valence-corrected chi connectivity index (χ2v) is 6.30. The normalized spacial score (nSPS) is 10.4. The molecule has 2 aromatic carbocycles. The van der Waals surface area contributed by atoms with Crippen molar-refractivity contribution < 1.29 is 18.8 Å². The molecule has 0 fully saturated rings. The Kier molecular flexibility index (Phi) is 5.77. The molecule has 0 spiro atoms. The van der Waals surface area contributed by atoms with Crippen molar-refractivity contribution in [3.05, 3.63) is 71.3 Å². The van der Waals surface area contributed by atoms with Crippen molar-refractivity contribution >= 4 is 29.0 Å². The van der Waals surface area contributed by atoms with Crippen molar-refractivity contribution in [3.63, 3.8) is 0 Å². The number of rotatable bonds is 6. The van der Waals surface area contributed by atoms with E-state index in [4.69, 9.17) is 0 Å². The zero-order chi connectivity index (χ0) is 21.0. The van der Waals surface area contributed by atoms with Gasteiger partial charge in [0.05, 0.1) is 11.4 Å². The van der Waals surface area contributed by atoms with E-state index in [2.05, 4.69) is 20.9 Å². The Morgan fingerprint density at radius 2 is 1.83 bits per heavy atom. The molecule has 29 heavy (non-hydrogen) atoms. The van der Waals surface area contributed by atoms with Gasteiger partial charge in [0, 0.05) is 11.3 Å². The molecule has 0 radical (unpaired) electrons. The number of aromatic nitrogens is 3. The van der Waals surface area contributed by atoms with Crippen LogP contribution in [0.2, 0.25) is 0 Å². The summed E-state index contributed by atoms with van der Waals surface area (Å²) in [5.74, 6) is -1.72. The second kappa shape index (κ2) is 8.42. The van der Waals surface area contributed by atoms with E-state index in [1.807, 2.05) is 0 Å². The summed E-state index contributed by atoms with van der Waals surface area (Å²) in [5, 5.41) is 12.7. The molecule has 3 aromatic rings. The van der Waals surface area contributed by atoms with Crippen molar-refractivity contribution in [2.75, 3.05) is 10.6 Å². The molecule has 3 rings (SSSR count). The molecule has 0 unspecified atom stereocenters. The monoisotopic (exact) mass is 395 g/mol. The lowest BCUT2D eigenvalue weighted by Gasteiger charge is -2.08. The number of anilines is 2. The molecule has 148 valence electrons. The van der Waals surface area contributed by atoms with Crippen LogP contribution in [0.5, 0.6) is 0 Å². The van der Waals surface area contributed by atoms with Gasteiger partial charge in [-0.15, -0.1) is 5.10 Å². The number of halogens is 1. The van der Waals surface area contributed by atoms with E-state index < -0.39 is 17.6 Å². The van der Waals surface area contributed by atoms with E-state index in [-0.39, 0.29) is 23.7 Å². The third-order valence-corrected chi connectivity index (χ3v) is 4.17. The quantitative estimate of drug-likeness (QED) is 0.625. The standard InChI is InChI=1S/C20H18FN5O3/c1-12-19(20(29)23-17-9-4-3-8-16(17)21)24-25-26(12)11-18(28)22-15-7-5-6-14(10-15)13(2)27/h3-10H,11H2,1-2H3,(H,22,28)(H,23,29). The minimum absolute atomic E-state index is 0.0142. The lowest BCUT2D eigenvalue weighted by molar-refractivity contribution is -0.117. The SMILES string of the molecule is CC(=O)c1cccc(NC(=O)Cn2nnc(C(=O)Nc3ccccc3F)c2C)c1. The fourth-order valence-corrected chi connectivity index (χ4v) is 2.62. The van der Waals surface area contributed by atoms with Crippen molar-refractivity contribution in [2.45, 2.75) is 20.4 Å². The molecule has 0 bridgehead atoms. The van der Waals surface area contributed by atoms with E-state index in [0.717, 1.165) is 0 Å². The summed E-state index contributed by atoms with van der Waals surface area (Å²) >= 11 is 0. The summed E-state index contributed by atoms with van der Waals surface area (Å²) in [6, 6.07) is 12.3. The Morgan fingerprint density at radius 3 is 2.55 bits per heavy atom. The van der Waals surface area contributed by atoms with Gasteiger partial charge in [-0.1, -0.05) is 29.5 Å². The lowest BCUT2D eigenvalue weighted by atomic mass is 10.1. The Morgan fingerprint density at radius 1 is 1.07 bits per heavy atom.